The molecule has 0 aromatic carbocycles. The van der Waals surface area contributed by atoms with E-state index in [0.717, 1.165) is 19.0 Å². The molecule has 1 aromatic heterocycles. The Morgan fingerprint density at radius 2 is 2.38 bits per heavy atom. The first kappa shape index (κ1) is 12.4. The molecule has 1 heterocycles. The van der Waals surface area contributed by atoms with Crippen LogP contribution in [-0.2, 0) is 6.54 Å². The molecule has 0 N–H and O–H groups in total. The van der Waals surface area contributed by atoms with Crippen molar-refractivity contribution in [2.45, 2.75) is 31.7 Å². The van der Waals surface area contributed by atoms with Crippen LogP contribution in [0.1, 0.15) is 35.1 Å². The second kappa shape index (κ2) is 6.03. The molecule has 4 heteroatoms. The quantitative estimate of drug-likeness (QED) is 0.777. The Morgan fingerprint density at radius 1 is 1.56 bits per heavy atom. The first-order valence-corrected chi connectivity index (χ1v) is 8.12. The molecule has 0 spiro atoms. The largest absolute Gasteiger partial charge is 0.300 e. The molecule has 1 saturated carbocycles. The van der Waals surface area contributed by atoms with E-state index in [1.807, 2.05) is 23.1 Å². The van der Waals surface area contributed by atoms with E-state index in [1.54, 1.807) is 0 Å². The summed E-state index contributed by atoms with van der Waals surface area (Å²) < 4.78 is 0. The number of rotatable bonds is 6. The van der Waals surface area contributed by atoms with Crippen molar-refractivity contribution in [3.05, 3.63) is 16.1 Å². The Hall–Kier alpha value is -0.0600. The van der Waals surface area contributed by atoms with E-state index in [0.29, 0.717) is 0 Å². The summed E-state index contributed by atoms with van der Waals surface area (Å²) in [5, 5.41) is 1.37. The van der Waals surface area contributed by atoms with Gasteiger partial charge in [0, 0.05) is 35.8 Å². The lowest BCUT2D eigenvalue weighted by atomic mass is 9.86. The molecule has 1 aromatic rings. The molecular weight excluding hydrogens is 236 g/mol. The summed E-state index contributed by atoms with van der Waals surface area (Å²) in [6.45, 7) is 2.22. The zero-order valence-corrected chi connectivity index (χ0v) is 11.7. The van der Waals surface area contributed by atoms with Gasteiger partial charge in [0.15, 0.2) is 0 Å². The number of aromatic nitrogens is 1. The van der Waals surface area contributed by atoms with Crippen molar-refractivity contribution in [2.75, 3.05) is 25.6 Å². The fourth-order valence-corrected chi connectivity index (χ4v) is 3.49. The number of thioether (sulfide) groups is 1. The van der Waals surface area contributed by atoms with Crippen molar-refractivity contribution in [1.82, 2.24) is 9.88 Å². The minimum Gasteiger partial charge on any atom is -0.300 e. The average Bonchev–Trinajstić information content (AvgIpc) is 2.60. The third-order valence-corrected chi connectivity index (χ3v) is 4.86. The van der Waals surface area contributed by atoms with Crippen LogP contribution in [0.15, 0.2) is 6.20 Å². The standard InChI is InChI=1S/C12H20N2S2/c1-14(6-7-15-2)9-11-8-13-12(16-11)10-4-3-5-10/h8,10H,3-7,9H2,1-2H3. The second-order valence-electron chi connectivity index (χ2n) is 4.52. The Balaban J connectivity index is 1.82. The highest BCUT2D eigenvalue weighted by atomic mass is 32.2. The Bertz CT molecular complexity index is 321. The number of nitrogens with zero attached hydrogens (tertiary/aromatic N) is 2. The molecule has 1 aliphatic rings. The molecule has 2 rings (SSSR count). The van der Waals surface area contributed by atoms with Crippen LogP contribution in [-0.4, -0.2) is 35.5 Å². The summed E-state index contributed by atoms with van der Waals surface area (Å²) in [4.78, 5) is 8.36. The molecule has 16 heavy (non-hydrogen) atoms. The van der Waals surface area contributed by atoms with Gasteiger partial charge in [-0.25, -0.2) is 4.98 Å². The number of thiazole rings is 1. The topological polar surface area (TPSA) is 16.1 Å². The monoisotopic (exact) mass is 256 g/mol. The van der Waals surface area contributed by atoms with E-state index < -0.39 is 0 Å². The molecule has 1 aliphatic carbocycles. The molecular formula is C12H20N2S2. The van der Waals surface area contributed by atoms with Crippen molar-refractivity contribution < 1.29 is 0 Å². The van der Waals surface area contributed by atoms with E-state index in [-0.39, 0.29) is 0 Å². The van der Waals surface area contributed by atoms with Crippen LogP contribution in [0, 0.1) is 0 Å². The van der Waals surface area contributed by atoms with Crippen LogP contribution < -0.4 is 0 Å². The van der Waals surface area contributed by atoms with Crippen molar-refractivity contribution >= 4 is 23.1 Å². The van der Waals surface area contributed by atoms with Gasteiger partial charge >= 0.3 is 0 Å². The smallest absolute Gasteiger partial charge is 0.0959 e. The molecule has 0 bridgehead atoms. The molecule has 0 unspecified atom stereocenters. The van der Waals surface area contributed by atoms with Crippen molar-refractivity contribution in [2.24, 2.45) is 0 Å². The molecule has 1 fully saturated rings. The van der Waals surface area contributed by atoms with E-state index in [1.165, 1.54) is 34.9 Å². The van der Waals surface area contributed by atoms with Crippen LogP contribution in [0.5, 0.6) is 0 Å². The molecule has 0 atom stereocenters. The zero-order chi connectivity index (χ0) is 11.4. The van der Waals surface area contributed by atoms with E-state index in [4.69, 9.17) is 0 Å². The predicted molar refractivity (Wildman–Crippen MR) is 73.4 cm³/mol. The van der Waals surface area contributed by atoms with E-state index in [2.05, 4.69) is 29.4 Å². The highest BCUT2D eigenvalue weighted by Gasteiger charge is 2.22. The van der Waals surface area contributed by atoms with Crippen LogP contribution >= 0.6 is 23.1 Å². The summed E-state index contributed by atoms with van der Waals surface area (Å²) >= 11 is 3.83. The van der Waals surface area contributed by atoms with Gasteiger partial charge < -0.3 is 4.90 Å². The van der Waals surface area contributed by atoms with Crippen molar-refractivity contribution in [3.63, 3.8) is 0 Å². The van der Waals surface area contributed by atoms with Gasteiger partial charge in [0.25, 0.3) is 0 Å². The van der Waals surface area contributed by atoms with E-state index in [9.17, 15) is 0 Å². The molecule has 90 valence electrons. The lowest BCUT2D eigenvalue weighted by Gasteiger charge is -2.22. The van der Waals surface area contributed by atoms with E-state index >= 15 is 0 Å². The van der Waals surface area contributed by atoms with Crippen LogP contribution in [0.3, 0.4) is 0 Å². The molecule has 2 nitrogen and oxygen atoms in total. The average molecular weight is 256 g/mol. The van der Waals surface area contributed by atoms with Crippen molar-refractivity contribution in [1.29, 1.82) is 0 Å². The first-order valence-electron chi connectivity index (χ1n) is 5.91. The molecule has 0 aliphatic heterocycles. The lowest BCUT2D eigenvalue weighted by molar-refractivity contribution is 0.352. The van der Waals surface area contributed by atoms with Gasteiger partial charge in [0.2, 0.25) is 0 Å². The maximum atomic E-state index is 4.56. The summed E-state index contributed by atoms with van der Waals surface area (Å²) in [7, 11) is 2.19. The fourth-order valence-electron chi connectivity index (χ4n) is 1.83. The van der Waals surface area contributed by atoms with Crippen LogP contribution in [0.2, 0.25) is 0 Å². The van der Waals surface area contributed by atoms with Crippen LogP contribution in [0.25, 0.3) is 0 Å². The highest BCUT2D eigenvalue weighted by Crippen LogP contribution is 2.38. The summed E-state index contributed by atoms with van der Waals surface area (Å²) in [5.41, 5.74) is 0. The van der Waals surface area contributed by atoms with Gasteiger partial charge in [0.1, 0.15) is 0 Å². The first-order chi connectivity index (χ1) is 7.79. The molecule has 0 radical (unpaired) electrons. The Kier molecular flexibility index (Phi) is 4.67. The Labute approximate surface area is 106 Å². The zero-order valence-electron chi connectivity index (χ0n) is 10.1. The normalized spacial score (nSPS) is 16.7. The summed E-state index contributed by atoms with van der Waals surface area (Å²) in [6.07, 6.45) is 8.35. The number of hydrogen-bond acceptors (Lipinski definition) is 4. The third kappa shape index (κ3) is 3.22. The van der Waals surface area contributed by atoms with Crippen LogP contribution in [0.4, 0.5) is 0 Å². The van der Waals surface area contributed by atoms with Gasteiger partial charge in [0.05, 0.1) is 5.01 Å². The second-order valence-corrected chi connectivity index (χ2v) is 6.66. The summed E-state index contributed by atoms with van der Waals surface area (Å²) in [5.74, 6) is 2.00. The Morgan fingerprint density at radius 3 is 3.00 bits per heavy atom. The van der Waals surface area contributed by atoms with Gasteiger partial charge in [-0.05, 0) is 26.1 Å². The fraction of sp³-hybridized carbons (Fsp3) is 0.750. The minimum atomic E-state index is 0.787. The highest BCUT2D eigenvalue weighted by molar-refractivity contribution is 7.98. The van der Waals surface area contributed by atoms with Crippen molar-refractivity contribution in [3.8, 4) is 0 Å². The molecule has 0 saturated heterocycles. The maximum absolute atomic E-state index is 4.56. The predicted octanol–water partition coefficient (Wildman–Crippen LogP) is 3.21. The minimum absolute atomic E-state index is 0.787. The molecule has 0 amide bonds. The van der Waals surface area contributed by atoms with Gasteiger partial charge in [-0.1, -0.05) is 6.42 Å². The van der Waals surface area contributed by atoms with Gasteiger partial charge in [-0.2, -0.15) is 11.8 Å². The van der Waals surface area contributed by atoms with Gasteiger partial charge in [-0.3, -0.25) is 0 Å². The third-order valence-electron chi connectivity index (χ3n) is 3.13. The summed E-state index contributed by atoms with van der Waals surface area (Å²) in [6, 6.07) is 0. The van der Waals surface area contributed by atoms with Gasteiger partial charge in [-0.15, -0.1) is 11.3 Å². The lowest BCUT2D eigenvalue weighted by Crippen LogP contribution is -2.19. The number of hydrogen-bond donors (Lipinski definition) is 0. The maximum Gasteiger partial charge on any atom is 0.0959 e. The SMILES string of the molecule is CSCCN(C)Cc1cnc(C2CCC2)s1.